The molecule has 0 saturated carbocycles. The van der Waals surface area contributed by atoms with Crippen LogP contribution in [0.4, 0.5) is 0 Å². The molecule has 0 bridgehead atoms. The summed E-state index contributed by atoms with van der Waals surface area (Å²) in [5.74, 6) is 0.850. The van der Waals surface area contributed by atoms with Crippen LogP contribution in [-0.4, -0.2) is 33.0 Å². The summed E-state index contributed by atoms with van der Waals surface area (Å²) in [6.07, 6.45) is 2.13. The molecule has 0 aliphatic carbocycles. The van der Waals surface area contributed by atoms with Gasteiger partial charge in [0.15, 0.2) is 0 Å². The fourth-order valence-electron chi connectivity index (χ4n) is 2.43. The van der Waals surface area contributed by atoms with E-state index in [1.54, 1.807) is 6.33 Å². The van der Waals surface area contributed by atoms with Gasteiger partial charge in [-0.2, -0.15) is 5.10 Å². The van der Waals surface area contributed by atoms with Crippen molar-refractivity contribution in [1.82, 2.24) is 14.8 Å². The number of benzene rings is 1. The fourth-order valence-corrected chi connectivity index (χ4v) is 2.43. The van der Waals surface area contributed by atoms with Crippen LogP contribution in [-0.2, 0) is 11.8 Å². The van der Waals surface area contributed by atoms with E-state index in [0.717, 1.165) is 11.4 Å². The summed E-state index contributed by atoms with van der Waals surface area (Å²) in [7, 11) is 0. The van der Waals surface area contributed by atoms with Gasteiger partial charge in [-0.1, -0.05) is 30.3 Å². The van der Waals surface area contributed by atoms with Crippen molar-refractivity contribution in [3.8, 4) is 0 Å². The van der Waals surface area contributed by atoms with E-state index < -0.39 is 5.41 Å². The first kappa shape index (κ1) is 14.7. The van der Waals surface area contributed by atoms with E-state index in [9.17, 15) is 5.11 Å². The molecule has 20 heavy (non-hydrogen) atoms. The van der Waals surface area contributed by atoms with E-state index in [0.29, 0.717) is 13.0 Å². The van der Waals surface area contributed by atoms with Crippen molar-refractivity contribution in [2.45, 2.75) is 31.7 Å². The predicted molar refractivity (Wildman–Crippen MR) is 78.4 cm³/mol. The molecule has 0 aliphatic rings. The van der Waals surface area contributed by atoms with Crippen molar-refractivity contribution in [2.24, 2.45) is 5.73 Å². The Balaban J connectivity index is 2.37. The molecule has 5 nitrogen and oxygen atoms in total. The summed E-state index contributed by atoms with van der Waals surface area (Å²) in [6, 6.07) is 10.1. The van der Waals surface area contributed by atoms with Crippen LogP contribution in [0, 0.1) is 0 Å². The molecule has 2 aromatic rings. The lowest BCUT2D eigenvalue weighted by atomic mass is 9.78. The highest BCUT2D eigenvalue weighted by Crippen LogP contribution is 2.27. The maximum Gasteiger partial charge on any atom is 0.138 e. The Morgan fingerprint density at radius 1 is 1.30 bits per heavy atom. The zero-order valence-electron chi connectivity index (χ0n) is 12.0. The third-order valence-corrected chi connectivity index (χ3v) is 3.71. The lowest BCUT2D eigenvalue weighted by molar-refractivity contribution is 0.192. The average molecular weight is 274 g/mol. The second kappa shape index (κ2) is 6.15. The van der Waals surface area contributed by atoms with Gasteiger partial charge in [0.05, 0.1) is 6.61 Å². The molecular weight excluding hydrogens is 252 g/mol. The van der Waals surface area contributed by atoms with Gasteiger partial charge in [0.25, 0.3) is 0 Å². The van der Waals surface area contributed by atoms with E-state index in [4.69, 9.17) is 5.73 Å². The molecule has 0 spiro atoms. The lowest BCUT2D eigenvalue weighted by Crippen LogP contribution is -2.41. The minimum atomic E-state index is -0.513. The number of nitrogens with two attached hydrogens (primary N) is 1. The summed E-state index contributed by atoms with van der Waals surface area (Å²) >= 11 is 0. The fraction of sp³-hybridized carbons (Fsp3) is 0.467. The quantitative estimate of drug-likeness (QED) is 0.832. The molecule has 1 aromatic heterocycles. The summed E-state index contributed by atoms with van der Waals surface area (Å²) in [6.45, 7) is 4.46. The summed E-state index contributed by atoms with van der Waals surface area (Å²) < 4.78 is 1.88. The average Bonchev–Trinajstić information content (AvgIpc) is 2.94. The molecule has 0 aliphatic heterocycles. The molecule has 3 N–H and O–H groups in total. The Hall–Kier alpha value is -1.72. The van der Waals surface area contributed by atoms with Crippen LogP contribution in [0.1, 0.15) is 31.3 Å². The van der Waals surface area contributed by atoms with Crippen LogP contribution in [0.3, 0.4) is 0 Å². The van der Waals surface area contributed by atoms with Gasteiger partial charge in [-0.3, -0.25) is 0 Å². The molecule has 1 heterocycles. The van der Waals surface area contributed by atoms with E-state index >= 15 is 0 Å². The highest BCUT2D eigenvalue weighted by molar-refractivity contribution is 5.27. The van der Waals surface area contributed by atoms with Gasteiger partial charge in [0.2, 0.25) is 0 Å². The Morgan fingerprint density at radius 2 is 2.00 bits per heavy atom. The number of aliphatic hydroxyl groups excluding tert-OH is 1. The van der Waals surface area contributed by atoms with E-state index in [2.05, 4.69) is 23.9 Å². The van der Waals surface area contributed by atoms with Crippen molar-refractivity contribution in [2.75, 3.05) is 13.2 Å². The van der Waals surface area contributed by atoms with E-state index in [1.807, 2.05) is 35.0 Å². The van der Waals surface area contributed by atoms with Crippen molar-refractivity contribution >= 4 is 0 Å². The lowest BCUT2D eigenvalue weighted by Gasteiger charge is -2.31. The molecule has 0 amide bonds. The summed E-state index contributed by atoms with van der Waals surface area (Å²) in [4.78, 5) is 4.33. The van der Waals surface area contributed by atoms with Gasteiger partial charge in [-0.25, -0.2) is 9.67 Å². The molecule has 2 rings (SSSR count). The van der Waals surface area contributed by atoms with E-state index in [1.165, 1.54) is 0 Å². The van der Waals surface area contributed by atoms with Crippen LogP contribution < -0.4 is 5.73 Å². The molecule has 0 fully saturated rings. The first-order valence-corrected chi connectivity index (χ1v) is 6.88. The molecule has 0 saturated heterocycles. The summed E-state index contributed by atoms with van der Waals surface area (Å²) in [5.41, 5.74) is 6.49. The summed E-state index contributed by atoms with van der Waals surface area (Å²) in [5, 5.41) is 14.2. The predicted octanol–water partition coefficient (Wildman–Crippen LogP) is 1.29. The number of nitrogens with zero attached hydrogens (tertiary/aromatic N) is 3. The van der Waals surface area contributed by atoms with Gasteiger partial charge >= 0.3 is 0 Å². The first-order chi connectivity index (χ1) is 9.63. The van der Waals surface area contributed by atoms with Crippen molar-refractivity contribution in [1.29, 1.82) is 0 Å². The SMILES string of the molecule is CC(C)n1ncnc1CC(CN)(CO)c1ccccc1. The smallest absolute Gasteiger partial charge is 0.138 e. The Morgan fingerprint density at radius 3 is 2.55 bits per heavy atom. The Labute approximate surface area is 119 Å². The third kappa shape index (κ3) is 2.73. The number of hydrogen-bond donors (Lipinski definition) is 2. The zero-order valence-corrected chi connectivity index (χ0v) is 12.0. The number of aliphatic hydroxyl groups is 1. The van der Waals surface area contributed by atoms with Gasteiger partial charge in [0, 0.05) is 24.4 Å². The number of aromatic nitrogens is 3. The second-order valence-electron chi connectivity index (χ2n) is 5.40. The molecule has 1 aromatic carbocycles. The van der Waals surface area contributed by atoms with Gasteiger partial charge in [-0.15, -0.1) is 0 Å². The normalized spacial score (nSPS) is 14.4. The zero-order chi connectivity index (χ0) is 14.6. The minimum Gasteiger partial charge on any atom is -0.395 e. The highest BCUT2D eigenvalue weighted by Gasteiger charge is 2.32. The Bertz CT molecular complexity index is 532. The Kier molecular flexibility index (Phi) is 4.52. The second-order valence-corrected chi connectivity index (χ2v) is 5.40. The van der Waals surface area contributed by atoms with Gasteiger partial charge in [0.1, 0.15) is 12.2 Å². The molecule has 0 radical (unpaired) electrons. The largest absolute Gasteiger partial charge is 0.395 e. The molecule has 1 unspecified atom stereocenters. The molecular formula is C15H22N4O. The topological polar surface area (TPSA) is 77.0 Å². The maximum atomic E-state index is 9.92. The van der Waals surface area contributed by atoms with Crippen LogP contribution in [0.25, 0.3) is 0 Å². The number of hydrogen-bond acceptors (Lipinski definition) is 4. The molecule has 1 atom stereocenters. The standard InChI is InChI=1S/C15H22N4O/c1-12(2)19-14(17-11-18-19)8-15(9-16,10-20)13-6-4-3-5-7-13/h3-7,11-12,20H,8-10,16H2,1-2H3. The number of rotatable bonds is 6. The highest BCUT2D eigenvalue weighted by atomic mass is 16.3. The van der Waals surface area contributed by atoms with E-state index in [-0.39, 0.29) is 12.6 Å². The van der Waals surface area contributed by atoms with Crippen LogP contribution in [0.15, 0.2) is 36.7 Å². The van der Waals surface area contributed by atoms with Crippen molar-refractivity contribution < 1.29 is 5.11 Å². The monoisotopic (exact) mass is 274 g/mol. The van der Waals surface area contributed by atoms with Crippen molar-refractivity contribution in [3.05, 3.63) is 48.0 Å². The first-order valence-electron chi connectivity index (χ1n) is 6.88. The van der Waals surface area contributed by atoms with Crippen LogP contribution in [0.5, 0.6) is 0 Å². The molecule has 5 heteroatoms. The third-order valence-electron chi connectivity index (χ3n) is 3.71. The van der Waals surface area contributed by atoms with Crippen LogP contribution in [0.2, 0.25) is 0 Å². The minimum absolute atomic E-state index is 0.0154. The molecule has 108 valence electrons. The van der Waals surface area contributed by atoms with Crippen LogP contribution >= 0.6 is 0 Å². The van der Waals surface area contributed by atoms with Gasteiger partial charge < -0.3 is 10.8 Å². The van der Waals surface area contributed by atoms with Gasteiger partial charge in [-0.05, 0) is 19.4 Å². The maximum absolute atomic E-state index is 9.92. The van der Waals surface area contributed by atoms with Crippen molar-refractivity contribution in [3.63, 3.8) is 0 Å².